The SMILES string of the molecule is O=C(c1nccc2ccccc12)N1CCOC[C@H]1CCc1cnccn1. The number of hydrogen-bond acceptors (Lipinski definition) is 5. The largest absolute Gasteiger partial charge is 0.377 e. The van der Waals surface area contributed by atoms with Crippen LogP contribution in [-0.2, 0) is 11.2 Å². The number of morpholine rings is 1. The average molecular weight is 348 g/mol. The average Bonchev–Trinajstić information content (AvgIpc) is 2.72. The second-order valence-corrected chi connectivity index (χ2v) is 6.34. The van der Waals surface area contributed by atoms with Crippen molar-refractivity contribution in [3.8, 4) is 0 Å². The highest BCUT2D eigenvalue weighted by Crippen LogP contribution is 2.21. The minimum Gasteiger partial charge on any atom is -0.377 e. The van der Waals surface area contributed by atoms with Crippen LogP contribution in [-0.4, -0.2) is 51.6 Å². The number of ether oxygens (including phenoxy) is 1. The third-order valence-corrected chi connectivity index (χ3v) is 4.71. The molecule has 2 aromatic heterocycles. The van der Waals surface area contributed by atoms with Crippen LogP contribution >= 0.6 is 0 Å². The molecule has 3 aromatic rings. The summed E-state index contributed by atoms with van der Waals surface area (Å²) in [7, 11) is 0. The molecule has 0 spiro atoms. The molecule has 1 amide bonds. The van der Waals surface area contributed by atoms with Crippen molar-refractivity contribution in [3.63, 3.8) is 0 Å². The first-order valence-electron chi connectivity index (χ1n) is 8.80. The number of aryl methyl sites for hydroxylation is 1. The molecular weight excluding hydrogens is 328 g/mol. The lowest BCUT2D eigenvalue weighted by Crippen LogP contribution is -2.49. The molecule has 4 rings (SSSR count). The van der Waals surface area contributed by atoms with Crippen LogP contribution in [0.3, 0.4) is 0 Å². The molecule has 0 N–H and O–H groups in total. The lowest BCUT2D eigenvalue weighted by Gasteiger charge is -2.35. The fourth-order valence-electron chi connectivity index (χ4n) is 3.36. The van der Waals surface area contributed by atoms with Gasteiger partial charge in [-0.3, -0.25) is 19.7 Å². The Hall–Kier alpha value is -2.86. The van der Waals surface area contributed by atoms with E-state index in [0.29, 0.717) is 25.5 Å². The smallest absolute Gasteiger partial charge is 0.273 e. The standard InChI is InChI=1S/C20H20N4O2/c25-20(19-18-4-2-1-3-15(18)7-8-23-19)24-11-12-26-14-17(24)6-5-16-13-21-9-10-22-16/h1-4,7-10,13,17H,5-6,11-12,14H2/t17-/m1/s1. The van der Waals surface area contributed by atoms with Crippen molar-refractivity contribution in [2.45, 2.75) is 18.9 Å². The Morgan fingerprint density at radius 3 is 2.96 bits per heavy atom. The van der Waals surface area contributed by atoms with Gasteiger partial charge in [-0.05, 0) is 24.3 Å². The number of nitrogens with zero attached hydrogens (tertiary/aromatic N) is 4. The third-order valence-electron chi connectivity index (χ3n) is 4.71. The van der Waals surface area contributed by atoms with Crippen LogP contribution in [0.2, 0.25) is 0 Å². The van der Waals surface area contributed by atoms with Crippen LogP contribution in [0, 0.1) is 0 Å². The molecule has 3 heterocycles. The zero-order valence-electron chi connectivity index (χ0n) is 14.4. The van der Waals surface area contributed by atoms with Crippen LogP contribution in [0.25, 0.3) is 10.8 Å². The van der Waals surface area contributed by atoms with Crippen LogP contribution < -0.4 is 0 Å². The first kappa shape index (κ1) is 16.6. The van der Waals surface area contributed by atoms with Gasteiger partial charge in [0, 0.05) is 36.7 Å². The maximum absolute atomic E-state index is 13.2. The second-order valence-electron chi connectivity index (χ2n) is 6.34. The van der Waals surface area contributed by atoms with Crippen molar-refractivity contribution in [2.75, 3.05) is 19.8 Å². The van der Waals surface area contributed by atoms with Crippen LogP contribution in [0.1, 0.15) is 22.6 Å². The lowest BCUT2D eigenvalue weighted by molar-refractivity contribution is -0.00432. The van der Waals surface area contributed by atoms with E-state index in [4.69, 9.17) is 4.74 Å². The highest BCUT2D eigenvalue weighted by Gasteiger charge is 2.29. The highest BCUT2D eigenvalue weighted by molar-refractivity contribution is 6.05. The second kappa shape index (κ2) is 7.58. The zero-order valence-corrected chi connectivity index (χ0v) is 14.4. The maximum Gasteiger partial charge on any atom is 0.273 e. The van der Waals surface area contributed by atoms with Gasteiger partial charge in [0.25, 0.3) is 5.91 Å². The van der Waals surface area contributed by atoms with Crippen molar-refractivity contribution in [1.82, 2.24) is 19.9 Å². The van der Waals surface area contributed by atoms with E-state index >= 15 is 0 Å². The minimum atomic E-state index is -0.0331. The van der Waals surface area contributed by atoms with E-state index in [2.05, 4.69) is 15.0 Å². The van der Waals surface area contributed by atoms with E-state index < -0.39 is 0 Å². The summed E-state index contributed by atoms with van der Waals surface area (Å²) in [6.45, 7) is 1.67. The summed E-state index contributed by atoms with van der Waals surface area (Å²) in [5.74, 6) is -0.0331. The van der Waals surface area contributed by atoms with Gasteiger partial charge in [-0.2, -0.15) is 0 Å². The molecule has 132 valence electrons. The summed E-state index contributed by atoms with van der Waals surface area (Å²) < 4.78 is 5.62. The quantitative estimate of drug-likeness (QED) is 0.725. The number of carbonyl (C=O) groups excluding carboxylic acids is 1. The van der Waals surface area contributed by atoms with Crippen molar-refractivity contribution in [2.24, 2.45) is 0 Å². The maximum atomic E-state index is 13.2. The molecule has 1 aliphatic rings. The molecule has 0 radical (unpaired) electrons. The molecule has 6 heteroatoms. The minimum absolute atomic E-state index is 0.0130. The van der Waals surface area contributed by atoms with Crippen LogP contribution in [0.15, 0.2) is 55.1 Å². The predicted molar refractivity (Wildman–Crippen MR) is 97.7 cm³/mol. The summed E-state index contributed by atoms with van der Waals surface area (Å²) in [5.41, 5.74) is 1.43. The van der Waals surface area contributed by atoms with Gasteiger partial charge >= 0.3 is 0 Å². The zero-order chi connectivity index (χ0) is 17.8. The van der Waals surface area contributed by atoms with Gasteiger partial charge in [0.1, 0.15) is 5.69 Å². The molecule has 1 atom stereocenters. The Bertz CT molecular complexity index is 895. The van der Waals surface area contributed by atoms with Gasteiger partial charge in [0.05, 0.1) is 24.9 Å². The molecule has 26 heavy (non-hydrogen) atoms. The highest BCUT2D eigenvalue weighted by atomic mass is 16.5. The Balaban J connectivity index is 1.56. The molecule has 0 saturated carbocycles. The number of hydrogen-bond donors (Lipinski definition) is 0. The number of amides is 1. The number of fused-ring (bicyclic) bond motifs is 1. The number of carbonyl (C=O) groups is 1. The summed E-state index contributed by atoms with van der Waals surface area (Å²) in [5, 5.41) is 1.91. The molecule has 1 aliphatic heterocycles. The van der Waals surface area contributed by atoms with E-state index in [0.717, 1.165) is 29.3 Å². The molecule has 1 saturated heterocycles. The van der Waals surface area contributed by atoms with E-state index in [1.54, 1.807) is 24.8 Å². The van der Waals surface area contributed by atoms with Crippen molar-refractivity contribution in [1.29, 1.82) is 0 Å². The Morgan fingerprint density at radius 1 is 1.15 bits per heavy atom. The Morgan fingerprint density at radius 2 is 2.08 bits per heavy atom. The molecule has 0 unspecified atom stereocenters. The summed E-state index contributed by atoms with van der Waals surface area (Å²) in [6.07, 6.45) is 8.36. The van der Waals surface area contributed by atoms with E-state index in [1.807, 2.05) is 35.2 Å². The van der Waals surface area contributed by atoms with Gasteiger partial charge in [0.2, 0.25) is 0 Å². The first-order chi connectivity index (χ1) is 12.8. The molecule has 0 aliphatic carbocycles. The molecule has 6 nitrogen and oxygen atoms in total. The third kappa shape index (κ3) is 3.41. The number of rotatable bonds is 4. The molecular formula is C20H20N4O2. The van der Waals surface area contributed by atoms with Gasteiger partial charge in [-0.1, -0.05) is 24.3 Å². The normalized spacial score (nSPS) is 17.4. The number of pyridine rings is 1. The van der Waals surface area contributed by atoms with Gasteiger partial charge in [0.15, 0.2) is 0 Å². The Kier molecular flexibility index (Phi) is 4.84. The van der Waals surface area contributed by atoms with Crippen molar-refractivity contribution >= 4 is 16.7 Å². The van der Waals surface area contributed by atoms with Crippen molar-refractivity contribution in [3.05, 3.63) is 66.5 Å². The van der Waals surface area contributed by atoms with E-state index in [1.165, 1.54) is 0 Å². The molecule has 1 fully saturated rings. The number of aromatic nitrogens is 3. The Labute approximate surface area is 151 Å². The first-order valence-corrected chi connectivity index (χ1v) is 8.80. The molecule has 1 aromatic carbocycles. The van der Waals surface area contributed by atoms with E-state index in [9.17, 15) is 4.79 Å². The predicted octanol–water partition coefficient (Wildman–Crippen LogP) is 2.50. The van der Waals surface area contributed by atoms with E-state index in [-0.39, 0.29) is 11.9 Å². The topological polar surface area (TPSA) is 68.2 Å². The fraction of sp³-hybridized carbons (Fsp3) is 0.300. The number of benzene rings is 1. The van der Waals surface area contributed by atoms with Crippen molar-refractivity contribution < 1.29 is 9.53 Å². The van der Waals surface area contributed by atoms with Gasteiger partial charge < -0.3 is 9.64 Å². The summed E-state index contributed by atoms with van der Waals surface area (Å²) in [4.78, 5) is 27.9. The molecule has 0 bridgehead atoms. The van der Waals surface area contributed by atoms with Gasteiger partial charge in [-0.25, -0.2) is 0 Å². The van der Waals surface area contributed by atoms with Gasteiger partial charge in [-0.15, -0.1) is 0 Å². The monoisotopic (exact) mass is 348 g/mol. The van der Waals surface area contributed by atoms with Crippen LogP contribution in [0.4, 0.5) is 0 Å². The summed E-state index contributed by atoms with van der Waals surface area (Å²) in [6, 6.07) is 9.79. The van der Waals surface area contributed by atoms with Crippen LogP contribution in [0.5, 0.6) is 0 Å². The summed E-state index contributed by atoms with van der Waals surface area (Å²) >= 11 is 0. The lowest BCUT2D eigenvalue weighted by atomic mass is 10.0. The fourth-order valence-corrected chi connectivity index (χ4v) is 3.36.